The highest BCUT2D eigenvalue weighted by Gasteiger charge is 1.98. The lowest BCUT2D eigenvalue weighted by atomic mass is 10.2. The van der Waals surface area contributed by atoms with E-state index in [2.05, 4.69) is 9.71 Å². The largest absolute Gasteiger partial charge is 0.361 e. The minimum Gasteiger partial charge on any atom is -0.361 e. The van der Waals surface area contributed by atoms with Gasteiger partial charge in [0.2, 0.25) is 0 Å². The van der Waals surface area contributed by atoms with E-state index in [4.69, 9.17) is 4.55 Å². The predicted octanol–water partition coefficient (Wildman–Crippen LogP) is 1.72. The third-order valence-corrected chi connectivity index (χ3v) is 2.17. The maximum absolute atomic E-state index is 10.4. The molecule has 1 unspecified atom stereocenters. The Hall–Kier alpha value is -1.33. The van der Waals surface area contributed by atoms with Crippen molar-refractivity contribution in [3.8, 4) is 0 Å². The molecule has 1 aromatic carbocycles. The summed E-state index contributed by atoms with van der Waals surface area (Å²) in [5.41, 5.74) is 1.64. The van der Waals surface area contributed by atoms with Gasteiger partial charge in [-0.1, -0.05) is 0 Å². The smallest absolute Gasteiger partial charge is 0.259 e. The summed E-state index contributed by atoms with van der Waals surface area (Å²) in [5, 5.41) is 1.01. The number of hydrogen-bond donors (Lipinski definition) is 3. The predicted molar refractivity (Wildman–Crippen MR) is 52.7 cm³/mol. The minimum absolute atomic E-state index is 0.632. The van der Waals surface area contributed by atoms with Crippen LogP contribution in [0.3, 0.4) is 0 Å². The van der Waals surface area contributed by atoms with Crippen LogP contribution in [0.5, 0.6) is 0 Å². The van der Waals surface area contributed by atoms with E-state index in [1.165, 1.54) is 0 Å². The molecule has 13 heavy (non-hydrogen) atoms. The molecule has 2 aromatic rings. The van der Waals surface area contributed by atoms with Crippen LogP contribution in [0.4, 0.5) is 5.69 Å². The molecule has 0 aliphatic carbocycles. The molecule has 0 aliphatic heterocycles. The third kappa shape index (κ3) is 1.71. The van der Waals surface area contributed by atoms with Gasteiger partial charge in [-0.3, -0.25) is 9.27 Å². The van der Waals surface area contributed by atoms with Crippen LogP contribution in [0, 0.1) is 0 Å². The fraction of sp³-hybridized carbons (Fsp3) is 0. The Morgan fingerprint density at radius 2 is 2.23 bits per heavy atom. The summed E-state index contributed by atoms with van der Waals surface area (Å²) in [6, 6.07) is 7.30. The Morgan fingerprint density at radius 1 is 1.38 bits per heavy atom. The molecule has 0 fully saturated rings. The van der Waals surface area contributed by atoms with Gasteiger partial charge in [-0.25, -0.2) is 4.21 Å². The van der Waals surface area contributed by atoms with E-state index >= 15 is 0 Å². The van der Waals surface area contributed by atoms with Crippen molar-refractivity contribution in [3.63, 3.8) is 0 Å². The monoisotopic (exact) mass is 196 g/mol. The molecule has 1 atom stereocenters. The quantitative estimate of drug-likeness (QED) is 0.640. The van der Waals surface area contributed by atoms with Gasteiger partial charge in [-0.15, -0.1) is 0 Å². The molecule has 0 saturated heterocycles. The zero-order valence-corrected chi connectivity index (χ0v) is 7.47. The van der Waals surface area contributed by atoms with Crippen LogP contribution in [-0.4, -0.2) is 13.7 Å². The lowest BCUT2D eigenvalue weighted by molar-refractivity contribution is 0.570. The second-order valence-corrected chi connectivity index (χ2v) is 3.33. The van der Waals surface area contributed by atoms with Crippen LogP contribution >= 0.6 is 0 Å². The van der Waals surface area contributed by atoms with Gasteiger partial charge in [0, 0.05) is 22.8 Å². The molecule has 0 bridgehead atoms. The van der Waals surface area contributed by atoms with Crippen molar-refractivity contribution >= 4 is 27.9 Å². The van der Waals surface area contributed by atoms with Gasteiger partial charge in [0.1, 0.15) is 0 Å². The molecule has 2 rings (SSSR count). The SMILES string of the molecule is O=S(O)Nc1ccc2[nH]ccc2c1. The van der Waals surface area contributed by atoms with E-state index in [0.717, 1.165) is 10.9 Å². The summed E-state index contributed by atoms with van der Waals surface area (Å²) >= 11 is -2.01. The van der Waals surface area contributed by atoms with Gasteiger partial charge in [0.15, 0.2) is 0 Å². The number of aromatic amines is 1. The van der Waals surface area contributed by atoms with Crippen LogP contribution in [-0.2, 0) is 11.3 Å². The van der Waals surface area contributed by atoms with Gasteiger partial charge in [-0.2, -0.15) is 0 Å². The fourth-order valence-corrected chi connectivity index (χ4v) is 1.55. The van der Waals surface area contributed by atoms with Crippen LogP contribution in [0.25, 0.3) is 10.9 Å². The standard InChI is InChI=1S/C8H8N2O2S/c11-13(12)10-7-1-2-8-6(5-7)3-4-9-8/h1-5,9-10H,(H,11,12). The number of rotatable bonds is 2. The Morgan fingerprint density at radius 3 is 3.00 bits per heavy atom. The summed E-state index contributed by atoms with van der Waals surface area (Å²) in [6.07, 6.45) is 1.82. The number of H-pyrrole nitrogens is 1. The van der Waals surface area contributed by atoms with E-state index in [-0.39, 0.29) is 0 Å². The van der Waals surface area contributed by atoms with E-state index in [1.807, 2.05) is 18.3 Å². The Kier molecular flexibility index (Phi) is 2.03. The lowest BCUT2D eigenvalue weighted by Crippen LogP contribution is -2.01. The van der Waals surface area contributed by atoms with Crippen molar-refractivity contribution in [3.05, 3.63) is 30.5 Å². The zero-order valence-electron chi connectivity index (χ0n) is 6.65. The third-order valence-electron chi connectivity index (χ3n) is 1.76. The van der Waals surface area contributed by atoms with Crippen LogP contribution in [0.15, 0.2) is 30.5 Å². The summed E-state index contributed by atoms with van der Waals surface area (Å²) < 4.78 is 21.4. The number of hydrogen-bond acceptors (Lipinski definition) is 1. The highest BCUT2D eigenvalue weighted by atomic mass is 32.2. The van der Waals surface area contributed by atoms with E-state index < -0.39 is 11.3 Å². The summed E-state index contributed by atoms with van der Waals surface area (Å²) in [4.78, 5) is 3.03. The molecule has 0 amide bonds. The van der Waals surface area contributed by atoms with Crippen LogP contribution in [0.2, 0.25) is 0 Å². The molecule has 0 saturated carbocycles. The first-order valence-electron chi connectivity index (χ1n) is 3.70. The molecule has 0 spiro atoms. The Bertz CT molecular complexity index is 452. The van der Waals surface area contributed by atoms with E-state index in [1.54, 1.807) is 12.1 Å². The second-order valence-electron chi connectivity index (χ2n) is 2.63. The van der Waals surface area contributed by atoms with Gasteiger partial charge in [0.05, 0.1) is 0 Å². The molecule has 5 heteroatoms. The summed E-state index contributed by atoms with van der Waals surface area (Å²) in [6.45, 7) is 0. The topological polar surface area (TPSA) is 65.1 Å². The van der Waals surface area contributed by atoms with Crippen molar-refractivity contribution in [2.45, 2.75) is 0 Å². The first-order chi connectivity index (χ1) is 6.25. The van der Waals surface area contributed by atoms with Gasteiger partial charge in [-0.05, 0) is 24.3 Å². The Labute approximate surface area is 77.4 Å². The number of nitrogens with one attached hydrogen (secondary N) is 2. The van der Waals surface area contributed by atoms with Crippen LogP contribution < -0.4 is 4.72 Å². The van der Waals surface area contributed by atoms with Gasteiger partial charge in [0.25, 0.3) is 11.3 Å². The molecule has 0 radical (unpaired) electrons. The average Bonchev–Trinajstić information content (AvgIpc) is 2.49. The fourth-order valence-electron chi connectivity index (χ4n) is 1.22. The lowest BCUT2D eigenvalue weighted by Gasteiger charge is -2.00. The summed E-state index contributed by atoms with van der Waals surface area (Å²) in [7, 11) is 0. The zero-order chi connectivity index (χ0) is 9.26. The second kappa shape index (κ2) is 3.20. The maximum atomic E-state index is 10.4. The molecule has 1 heterocycles. The normalized spacial score (nSPS) is 13.0. The molecule has 3 N–H and O–H groups in total. The maximum Gasteiger partial charge on any atom is 0.259 e. The molecule has 0 aliphatic rings. The van der Waals surface area contributed by atoms with Crippen LogP contribution in [0.1, 0.15) is 0 Å². The van der Waals surface area contributed by atoms with Crippen molar-refractivity contribution in [2.75, 3.05) is 4.72 Å². The summed E-state index contributed by atoms with van der Waals surface area (Å²) in [5.74, 6) is 0. The molecular formula is C8H8N2O2S. The van der Waals surface area contributed by atoms with E-state index in [0.29, 0.717) is 5.69 Å². The van der Waals surface area contributed by atoms with Gasteiger partial charge < -0.3 is 4.98 Å². The number of aromatic nitrogens is 1. The average molecular weight is 196 g/mol. The van der Waals surface area contributed by atoms with E-state index in [9.17, 15) is 4.21 Å². The molecular weight excluding hydrogens is 188 g/mol. The van der Waals surface area contributed by atoms with Crippen molar-refractivity contribution in [1.82, 2.24) is 4.98 Å². The number of anilines is 1. The van der Waals surface area contributed by atoms with Crippen molar-refractivity contribution in [2.24, 2.45) is 0 Å². The molecule has 1 aromatic heterocycles. The first-order valence-corrected chi connectivity index (χ1v) is 4.81. The number of fused-ring (bicyclic) bond motifs is 1. The minimum atomic E-state index is -2.01. The highest BCUT2D eigenvalue weighted by molar-refractivity contribution is 7.80. The van der Waals surface area contributed by atoms with Gasteiger partial charge >= 0.3 is 0 Å². The number of benzene rings is 1. The van der Waals surface area contributed by atoms with Crippen molar-refractivity contribution < 1.29 is 8.76 Å². The van der Waals surface area contributed by atoms with Crippen molar-refractivity contribution in [1.29, 1.82) is 0 Å². The first kappa shape index (κ1) is 8.28. The molecule has 4 nitrogen and oxygen atoms in total. The Balaban J connectivity index is 2.42. The molecule has 68 valence electrons. The highest BCUT2D eigenvalue weighted by Crippen LogP contribution is 2.17.